The lowest BCUT2D eigenvalue weighted by atomic mass is 9.75. The maximum Gasteiger partial charge on any atom is 0.236 e. The molecule has 0 fully saturated rings. The summed E-state index contributed by atoms with van der Waals surface area (Å²) in [4.78, 5) is 40.1. The van der Waals surface area contributed by atoms with Crippen LogP contribution < -0.4 is 5.32 Å². The van der Waals surface area contributed by atoms with Crippen LogP contribution in [0, 0.1) is 17.7 Å². The number of Topliss-reactive ketones (excluding diaryl/α,β-unsaturated/α-hetero) is 2. The zero-order valence-electron chi connectivity index (χ0n) is 17.4. The molecule has 31 heavy (non-hydrogen) atoms. The number of para-hydroxylation sites is 1. The van der Waals surface area contributed by atoms with Gasteiger partial charge in [0.05, 0.1) is 5.92 Å². The lowest BCUT2D eigenvalue weighted by Crippen LogP contribution is -2.40. The molecule has 0 aromatic heterocycles. The third-order valence-electron chi connectivity index (χ3n) is 5.10. The minimum Gasteiger partial charge on any atom is -0.325 e. The molecule has 0 aliphatic heterocycles. The number of ketones is 2. The lowest BCUT2D eigenvalue weighted by Gasteiger charge is -2.26. The molecule has 0 spiro atoms. The SMILES string of the molecule is CC(C)C(=O)C(C(=O)Nc1ccccc1)C(C(=O)c1ccc(F)cc1)c1ccccc1. The average Bonchev–Trinajstić information content (AvgIpc) is 2.78. The summed E-state index contributed by atoms with van der Waals surface area (Å²) in [6, 6.07) is 22.7. The van der Waals surface area contributed by atoms with Gasteiger partial charge in [0, 0.05) is 17.2 Å². The molecular formula is C26H24FNO3. The zero-order valence-corrected chi connectivity index (χ0v) is 17.4. The third-order valence-corrected chi connectivity index (χ3v) is 5.10. The fourth-order valence-corrected chi connectivity index (χ4v) is 3.49. The summed E-state index contributed by atoms with van der Waals surface area (Å²) in [7, 11) is 0. The van der Waals surface area contributed by atoms with E-state index in [1.165, 1.54) is 24.3 Å². The minimum absolute atomic E-state index is 0.240. The average molecular weight is 417 g/mol. The second-order valence-corrected chi connectivity index (χ2v) is 7.65. The Hall–Kier alpha value is -3.60. The number of hydrogen-bond donors (Lipinski definition) is 1. The fraction of sp³-hybridized carbons (Fsp3) is 0.192. The summed E-state index contributed by atoms with van der Waals surface area (Å²) < 4.78 is 13.4. The molecule has 4 nitrogen and oxygen atoms in total. The molecule has 0 saturated carbocycles. The van der Waals surface area contributed by atoms with Gasteiger partial charge < -0.3 is 5.32 Å². The third kappa shape index (κ3) is 5.31. The molecule has 1 N–H and O–H groups in total. The van der Waals surface area contributed by atoms with Crippen LogP contribution >= 0.6 is 0 Å². The van der Waals surface area contributed by atoms with E-state index in [-0.39, 0.29) is 11.3 Å². The van der Waals surface area contributed by atoms with Crippen LogP contribution in [0.2, 0.25) is 0 Å². The molecule has 0 heterocycles. The van der Waals surface area contributed by atoms with Gasteiger partial charge in [-0.05, 0) is 42.0 Å². The Morgan fingerprint density at radius 2 is 1.32 bits per heavy atom. The predicted molar refractivity (Wildman–Crippen MR) is 118 cm³/mol. The Morgan fingerprint density at radius 1 is 0.774 bits per heavy atom. The van der Waals surface area contributed by atoms with Crippen molar-refractivity contribution in [2.75, 3.05) is 5.32 Å². The van der Waals surface area contributed by atoms with Crippen LogP contribution in [0.4, 0.5) is 10.1 Å². The van der Waals surface area contributed by atoms with Crippen LogP contribution in [0.15, 0.2) is 84.9 Å². The number of halogens is 1. The Labute approximate surface area is 181 Å². The lowest BCUT2D eigenvalue weighted by molar-refractivity contribution is -0.133. The normalized spacial score (nSPS) is 12.8. The van der Waals surface area contributed by atoms with E-state index in [4.69, 9.17) is 0 Å². The maximum atomic E-state index is 13.5. The second-order valence-electron chi connectivity index (χ2n) is 7.65. The monoisotopic (exact) mass is 417 g/mol. The molecule has 5 heteroatoms. The largest absolute Gasteiger partial charge is 0.325 e. The van der Waals surface area contributed by atoms with Gasteiger partial charge in [-0.2, -0.15) is 0 Å². The topological polar surface area (TPSA) is 63.2 Å². The van der Waals surface area contributed by atoms with Gasteiger partial charge >= 0.3 is 0 Å². The van der Waals surface area contributed by atoms with Crippen LogP contribution in [-0.4, -0.2) is 17.5 Å². The number of benzene rings is 3. The van der Waals surface area contributed by atoms with Gasteiger partial charge in [0.1, 0.15) is 17.5 Å². The Morgan fingerprint density at radius 3 is 1.87 bits per heavy atom. The molecule has 2 atom stereocenters. The summed E-state index contributed by atoms with van der Waals surface area (Å²) >= 11 is 0. The highest BCUT2D eigenvalue weighted by molar-refractivity contribution is 6.14. The van der Waals surface area contributed by atoms with Crippen molar-refractivity contribution in [2.24, 2.45) is 11.8 Å². The van der Waals surface area contributed by atoms with Crippen molar-refractivity contribution in [2.45, 2.75) is 19.8 Å². The van der Waals surface area contributed by atoms with E-state index in [9.17, 15) is 18.8 Å². The van der Waals surface area contributed by atoms with Gasteiger partial charge in [-0.25, -0.2) is 4.39 Å². The number of rotatable bonds is 8. The van der Waals surface area contributed by atoms with E-state index in [1.54, 1.807) is 68.4 Å². The van der Waals surface area contributed by atoms with Crippen molar-refractivity contribution >= 4 is 23.2 Å². The Balaban J connectivity index is 2.08. The van der Waals surface area contributed by atoms with Gasteiger partial charge in [0.2, 0.25) is 5.91 Å². The fourth-order valence-electron chi connectivity index (χ4n) is 3.49. The molecule has 2 unspecified atom stereocenters. The Kier molecular flexibility index (Phi) is 7.08. The van der Waals surface area contributed by atoms with Crippen molar-refractivity contribution in [3.05, 3.63) is 102 Å². The van der Waals surface area contributed by atoms with Crippen LogP contribution in [0.3, 0.4) is 0 Å². The quantitative estimate of drug-likeness (QED) is 0.401. The van der Waals surface area contributed by atoms with E-state index >= 15 is 0 Å². The maximum absolute atomic E-state index is 13.5. The zero-order chi connectivity index (χ0) is 22.4. The number of carbonyl (C=O) groups is 3. The Bertz CT molecular complexity index is 1050. The van der Waals surface area contributed by atoms with Gasteiger partial charge in [0.25, 0.3) is 0 Å². The molecular weight excluding hydrogens is 393 g/mol. The summed E-state index contributed by atoms with van der Waals surface area (Å²) in [5.74, 6) is -4.49. The molecule has 0 radical (unpaired) electrons. The molecule has 0 aliphatic rings. The van der Waals surface area contributed by atoms with Gasteiger partial charge in [0.15, 0.2) is 5.78 Å². The van der Waals surface area contributed by atoms with E-state index in [0.29, 0.717) is 11.3 Å². The molecule has 158 valence electrons. The van der Waals surface area contributed by atoms with E-state index in [2.05, 4.69) is 5.32 Å². The first-order valence-corrected chi connectivity index (χ1v) is 10.1. The molecule has 3 rings (SSSR count). The minimum atomic E-state index is -1.24. The van der Waals surface area contributed by atoms with Crippen molar-refractivity contribution in [3.8, 4) is 0 Å². The number of amides is 1. The van der Waals surface area contributed by atoms with E-state index in [0.717, 1.165) is 0 Å². The molecule has 3 aromatic rings. The van der Waals surface area contributed by atoms with Crippen molar-refractivity contribution in [3.63, 3.8) is 0 Å². The summed E-state index contributed by atoms with van der Waals surface area (Å²) in [6.45, 7) is 3.41. The highest BCUT2D eigenvalue weighted by Crippen LogP contribution is 2.32. The van der Waals surface area contributed by atoms with Crippen LogP contribution in [0.25, 0.3) is 0 Å². The van der Waals surface area contributed by atoms with Gasteiger partial charge in [-0.15, -0.1) is 0 Å². The smallest absolute Gasteiger partial charge is 0.236 e. The number of nitrogens with one attached hydrogen (secondary N) is 1. The molecule has 0 saturated heterocycles. The first kappa shape index (κ1) is 22.1. The van der Waals surface area contributed by atoms with Crippen LogP contribution in [-0.2, 0) is 9.59 Å². The molecule has 0 aliphatic carbocycles. The summed E-state index contributed by atoms with van der Waals surface area (Å²) in [5.41, 5.74) is 1.33. The number of anilines is 1. The molecule has 1 amide bonds. The highest BCUT2D eigenvalue weighted by Gasteiger charge is 2.41. The molecule has 3 aromatic carbocycles. The van der Waals surface area contributed by atoms with E-state index < -0.39 is 35.3 Å². The van der Waals surface area contributed by atoms with Crippen molar-refractivity contribution < 1.29 is 18.8 Å². The second kappa shape index (κ2) is 9.94. The van der Waals surface area contributed by atoms with Crippen molar-refractivity contribution in [1.82, 2.24) is 0 Å². The predicted octanol–water partition coefficient (Wildman–Crippen LogP) is 5.27. The number of hydrogen-bond acceptors (Lipinski definition) is 3. The van der Waals surface area contributed by atoms with Crippen LogP contribution in [0.5, 0.6) is 0 Å². The molecule has 0 bridgehead atoms. The summed E-state index contributed by atoms with van der Waals surface area (Å²) in [6.07, 6.45) is 0. The first-order chi connectivity index (χ1) is 14.9. The van der Waals surface area contributed by atoms with Gasteiger partial charge in [-0.3, -0.25) is 14.4 Å². The van der Waals surface area contributed by atoms with E-state index in [1.807, 2.05) is 6.07 Å². The van der Waals surface area contributed by atoms with Crippen molar-refractivity contribution in [1.29, 1.82) is 0 Å². The first-order valence-electron chi connectivity index (χ1n) is 10.1. The van der Waals surface area contributed by atoms with Gasteiger partial charge in [-0.1, -0.05) is 62.4 Å². The standard InChI is InChI=1S/C26H24FNO3/c1-17(2)24(29)23(26(31)28-21-11-7-4-8-12-21)22(18-9-5-3-6-10-18)25(30)19-13-15-20(27)16-14-19/h3-17,22-23H,1-2H3,(H,28,31). The summed E-state index contributed by atoms with van der Waals surface area (Å²) in [5, 5.41) is 2.77. The van der Waals surface area contributed by atoms with Crippen LogP contribution in [0.1, 0.15) is 35.7 Å². The highest BCUT2D eigenvalue weighted by atomic mass is 19.1. The number of carbonyl (C=O) groups excluding carboxylic acids is 3.